The third-order valence-electron chi connectivity index (χ3n) is 3.30. The Hall–Kier alpha value is -3.23. The Balaban J connectivity index is 1.86. The molecule has 26 heavy (non-hydrogen) atoms. The number of anilines is 3. The lowest BCUT2D eigenvalue weighted by atomic mass is 10.2. The van der Waals surface area contributed by atoms with Crippen LogP contribution >= 0.6 is 0 Å². The summed E-state index contributed by atoms with van der Waals surface area (Å²) in [5.41, 5.74) is 1.43. The number of alkyl halides is 3. The Morgan fingerprint density at radius 1 is 0.846 bits per heavy atom. The molecule has 9 heteroatoms. The van der Waals surface area contributed by atoms with Gasteiger partial charge in [0, 0.05) is 30.2 Å². The summed E-state index contributed by atoms with van der Waals surface area (Å²) in [6.07, 6.45) is -2.03. The molecule has 134 valence electrons. The highest BCUT2D eigenvalue weighted by Gasteiger charge is 2.26. The van der Waals surface area contributed by atoms with Crippen molar-refractivity contribution < 1.29 is 13.2 Å². The van der Waals surface area contributed by atoms with E-state index in [9.17, 15) is 13.2 Å². The summed E-state index contributed by atoms with van der Waals surface area (Å²) in [5, 5.41) is 5.60. The lowest BCUT2D eigenvalue weighted by molar-refractivity contribution is -0.131. The van der Waals surface area contributed by atoms with E-state index in [0.29, 0.717) is 11.5 Å². The van der Waals surface area contributed by atoms with E-state index in [-0.39, 0.29) is 18.4 Å². The molecule has 0 aliphatic heterocycles. The molecule has 0 radical (unpaired) electrons. The molecule has 2 N–H and O–H groups in total. The second kappa shape index (κ2) is 7.77. The van der Waals surface area contributed by atoms with Crippen molar-refractivity contribution in [2.75, 3.05) is 17.2 Å². The van der Waals surface area contributed by atoms with E-state index in [1.807, 2.05) is 30.3 Å². The topological polar surface area (TPSA) is 75.6 Å². The summed E-state index contributed by atoms with van der Waals surface area (Å²) in [7, 11) is 0. The van der Waals surface area contributed by atoms with Gasteiger partial charge in [-0.15, -0.1) is 0 Å². The molecule has 0 spiro atoms. The summed E-state index contributed by atoms with van der Waals surface area (Å²) in [6.45, 7) is -0.323. The number of halogens is 3. The molecule has 0 amide bonds. The van der Waals surface area contributed by atoms with Gasteiger partial charge in [0.1, 0.15) is 0 Å². The highest BCUT2D eigenvalue weighted by molar-refractivity contribution is 5.60. The summed E-state index contributed by atoms with van der Waals surface area (Å²) in [6, 6.07) is 12.6. The molecule has 0 bridgehead atoms. The quantitative estimate of drug-likeness (QED) is 0.691. The molecule has 0 fully saturated rings. The molecule has 3 rings (SSSR count). The van der Waals surface area contributed by atoms with Gasteiger partial charge in [-0.25, -0.2) is 0 Å². The van der Waals surface area contributed by atoms with Gasteiger partial charge in [-0.05, 0) is 12.1 Å². The Morgan fingerprint density at radius 3 is 2.23 bits per heavy atom. The van der Waals surface area contributed by atoms with Gasteiger partial charge in [-0.1, -0.05) is 30.3 Å². The van der Waals surface area contributed by atoms with Gasteiger partial charge in [0.05, 0.1) is 6.42 Å². The molecule has 0 aliphatic rings. The van der Waals surface area contributed by atoms with Crippen molar-refractivity contribution in [3.05, 3.63) is 54.9 Å². The number of aromatic nitrogens is 4. The Morgan fingerprint density at radius 2 is 1.54 bits per heavy atom. The van der Waals surface area contributed by atoms with Crippen LogP contribution in [0.3, 0.4) is 0 Å². The Kier molecular flexibility index (Phi) is 5.26. The molecule has 2 heterocycles. The van der Waals surface area contributed by atoms with E-state index in [1.54, 1.807) is 24.5 Å². The second-order valence-corrected chi connectivity index (χ2v) is 5.33. The maximum atomic E-state index is 12.4. The molecule has 0 unspecified atom stereocenters. The van der Waals surface area contributed by atoms with Crippen molar-refractivity contribution in [1.29, 1.82) is 0 Å². The van der Waals surface area contributed by atoms with Crippen molar-refractivity contribution in [1.82, 2.24) is 19.9 Å². The van der Waals surface area contributed by atoms with Gasteiger partial charge in [0.2, 0.25) is 11.9 Å². The van der Waals surface area contributed by atoms with Crippen LogP contribution in [0.2, 0.25) is 0 Å². The van der Waals surface area contributed by atoms with Gasteiger partial charge in [-0.2, -0.15) is 28.1 Å². The van der Waals surface area contributed by atoms with Crippen LogP contribution in [0.5, 0.6) is 0 Å². The maximum Gasteiger partial charge on any atom is 0.390 e. The highest BCUT2D eigenvalue weighted by atomic mass is 19.4. The molecule has 0 atom stereocenters. The average Bonchev–Trinajstić information content (AvgIpc) is 2.62. The van der Waals surface area contributed by atoms with E-state index in [4.69, 9.17) is 0 Å². The van der Waals surface area contributed by atoms with Crippen molar-refractivity contribution in [3.63, 3.8) is 0 Å². The zero-order valence-electron chi connectivity index (χ0n) is 13.5. The zero-order chi connectivity index (χ0) is 18.4. The van der Waals surface area contributed by atoms with Gasteiger partial charge >= 0.3 is 6.18 Å². The molecule has 3 aromatic rings. The van der Waals surface area contributed by atoms with E-state index >= 15 is 0 Å². The standard InChI is InChI=1S/C17H15F3N6/c18-17(19,20)8-11-22-15-24-14(12-4-2-1-3-5-12)25-16(26-15)23-13-6-9-21-10-7-13/h1-7,9-10H,8,11H2,(H2,21,22,23,24,25,26). The van der Waals surface area contributed by atoms with Crippen molar-refractivity contribution in [2.24, 2.45) is 0 Å². The first-order valence-corrected chi connectivity index (χ1v) is 7.79. The molecule has 2 aromatic heterocycles. The minimum absolute atomic E-state index is 0.0691. The fourth-order valence-electron chi connectivity index (χ4n) is 2.11. The molecule has 0 aliphatic carbocycles. The van der Waals surface area contributed by atoms with Gasteiger partial charge in [0.25, 0.3) is 0 Å². The predicted molar refractivity (Wildman–Crippen MR) is 91.9 cm³/mol. The minimum Gasteiger partial charge on any atom is -0.354 e. The van der Waals surface area contributed by atoms with Gasteiger partial charge < -0.3 is 10.6 Å². The highest BCUT2D eigenvalue weighted by Crippen LogP contribution is 2.21. The first-order valence-electron chi connectivity index (χ1n) is 7.79. The molecular formula is C17H15F3N6. The van der Waals surface area contributed by atoms with Crippen LogP contribution in [0.25, 0.3) is 11.4 Å². The van der Waals surface area contributed by atoms with Crippen molar-refractivity contribution >= 4 is 17.6 Å². The van der Waals surface area contributed by atoms with Crippen LogP contribution in [-0.4, -0.2) is 32.7 Å². The number of benzene rings is 1. The van der Waals surface area contributed by atoms with E-state index < -0.39 is 12.6 Å². The monoisotopic (exact) mass is 360 g/mol. The molecule has 6 nitrogen and oxygen atoms in total. The largest absolute Gasteiger partial charge is 0.390 e. The molecule has 0 saturated heterocycles. The number of hydrogen-bond acceptors (Lipinski definition) is 6. The predicted octanol–water partition coefficient (Wildman–Crippen LogP) is 4.04. The van der Waals surface area contributed by atoms with Crippen LogP contribution in [0, 0.1) is 0 Å². The van der Waals surface area contributed by atoms with Crippen LogP contribution in [-0.2, 0) is 0 Å². The number of rotatable bonds is 6. The summed E-state index contributed by atoms with van der Waals surface area (Å²) < 4.78 is 37.1. The third kappa shape index (κ3) is 5.13. The minimum atomic E-state index is -4.25. The Bertz CT molecular complexity index is 840. The van der Waals surface area contributed by atoms with E-state index in [2.05, 4.69) is 30.6 Å². The average molecular weight is 360 g/mol. The summed E-state index contributed by atoms with van der Waals surface area (Å²) in [4.78, 5) is 16.6. The summed E-state index contributed by atoms with van der Waals surface area (Å²) in [5.74, 6) is 0.644. The smallest absolute Gasteiger partial charge is 0.354 e. The van der Waals surface area contributed by atoms with E-state index in [1.165, 1.54) is 0 Å². The van der Waals surface area contributed by atoms with Crippen LogP contribution in [0.1, 0.15) is 6.42 Å². The lowest BCUT2D eigenvalue weighted by Gasteiger charge is -2.11. The summed E-state index contributed by atoms with van der Waals surface area (Å²) >= 11 is 0. The van der Waals surface area contributed by atoms with Crippen LogP contribution < -0.4 is 10.6 Å². The normalized spacial score (nSPS) is 11.2. The number of hydrogen-bond donors (Lipinski definition) is 2. The lowest BCUT2D eigenvalue weighted by Crippen LogP contribution is -2.16. The number of nitrogens with one attached hydrogen (secondary N) is 2. The number of nitrogens with zero attached hydrogens (tertiary/aromatic N) is 4. The van der Waals surface area contributed by atoms with Crippen molar-refractivity contribution in [3.8, 4) is 11.4 Å². The SMILES string of the molecule is FC(F)(F)CCNc1nc(Nc2ccncc2)nc(-c2ccccc2)n1. The molecule has 0 saturated carbocycles. The van der Waals surface area contributed by atoms with E-state index in [0.717, 1.165) is 5.56 Å². The van der Waals surface area contributed by atoms with Crippen molar-refractivity contribution in [2.45, 2.75) is 12.6 Å². The Labute approximate surface area is 147 Å². The fraction of sp³-hybridized carbons (Fsp3) is 0.176. The van der Waals surface area contributed by atoms with Gasteiger partial charge in [-0.3, -0.25) is 4.98 Å². The zero-order valence-corrected chi connectivity index (χ0v) is 13.5. The van der Waals surface area contributed by atoms with Crippen LogP contribution in [0.15, 0.2) is 54.9 Å². The maximum absolute atomic E-state index is 12.4. The molecular weight excluding hydrogens is 345 g/mol. The first kappa shape index (κ1) is 17.6. The third-order valence-corrected chi connectivity index (χ3v) is 3.30. The number of pyridine rings is 1. The second-order valence-electron chi connectivity index (χ2n) is 5.33. The van der Waals surface area contributed by atoms with Crippen LogP contribution in [0.4, 0.5) is 30.8 Å². The molecule has 1 aromatic carbocycles. The fourth-order valence-corrected chi connectivity index (χ4v) is 2.11. The first-order chi connectivity index (χ1) is 12.5. The van der Waals surface area contributed by atoms with Gasteiger partial charge in [0.15, 0.2) is 5.82 Å².